The summed E-state index contributed by atoms with van der Waals surface area (Å²) >= 11 is 5.29. The molecule has 1 rings (SSSR count). The average Bonchev–Trinajstić information content (AvgIpc) is 2.20. The Morgan fingerprint density at radius 2 is 2.19 bits per heavy atom. The Kier molecular flexibility index (Phi) is 5.52. The van der Waals surface area contributed by atoms with E-state index in [9.17, 15) is 4.79 Å². The number of carbonyl (C=O) groups excluding carboxylic acids is 1. The fourth-order valence-electron chi connectivity index (χ4n) is 1.29. The van der Waals surface area contributed by atoms with Gasteiger partial charge in [-0.25, -0.2) is 0 Å². The van der Waals surface area contributed by atoms with Crippen LogP contribution in [0.25, 0.3) is 0 Å². The van der Waals surface area contributed by atoms with Crippen molar-refractivity contribution in [3.05, 3.63) is 28.2 Å². The van der Waals surface area contributed by atoms with Gasteiger partial charge in [0.05, 0.1) is 6.54 Å². The molecule has 0 aliphatic rings. The first-order valence-corrected chi connectivity index (χ1v) is 6.86. The lowest BCUT2D eigenvalue weighted by atomic mass is 10.1. The molecule has 16 heavy (non-hydrogen) atoms. The lowest BCUT2D eigenvalue weighted by Gasteiger charge is -2.08. The van der Waals surface area contributed by atoms with Crippen LogP contribution in [0.1, 0.15) is 24.2 Å². The highest BCUT2D eigenvalue weighted by Gasteiger charge is 2.08. The molecule has 0 atom stereocenters. The fourth-order valence-corrected chi connectivity index (χ4v) is 2.77. The molecule has 0 amide bonds. The molecule has 1 N–H and O–H groups in total. The SMILES string of the molecule is CNCC(=O)c1ccc(SC(C)C)c(Br)c1. The van der Waals surface area contributed by atoms with E-state index in [1.165, 1.54) is 4.90 Å². The molecule has 0 spiro atoms. The minimum absolute atomic E-state index is 0.115. The number of thioether (sulfide) groups is 1. The number of rotatable bonds is 5. The van der Waals surface area contributed by atoms with Crippen molar-refractivity contribution in [3.8, 4) is 0 Å². The van der Waals surface area contributed by atoms with Crippen LogP contribution in [-0.4, -0.2) is 24.6 Å². The molecule has 0 bridgehead atoms. The maximum atomic E-state index is 11.6. The number of likely N-dealkylation sites (N-methyl/N-ethyl adjacent to an activating group) is 1. The fraction of sp³-hybridized carbons (Fsp3) is 0.417. The predicted octanol–water partition coefficient (Wildman–Crippen LogP) is 3.35. The van der Waals surface area contributed by atoms with Crippen LogP contribution in [0.15, 0.2) is 27.6 Å². The van der Waals surface area contributed by atoms with E-state index in [0.717, 1.165) is 10.0 Å². The van der Waals surface area contributed by atoms with Crippen molar-refractivity contribution in [1.82, 2.24) is 5.32 Å². The van der Waals surface area contributed by atoms with Crippen molar-refractivity contribution >= 4 is 33.5 Å². The third kappa shape index (κ3) is 3.92. The molecule has 0 radical (unpaired) electrons. The van der Waals surface area contributed by atoms with Gasteiger partial charge in [-0.05, 0) is 35.1 Å². The molecular weight excluding hydrogens is 286 g/mol. The van der Waals surface area contributed by atoms with E-state index in [-0.39, 0.29) is 5.78 Å². The molecule has 1 aromatic carbocycles. The second kappa shape index (κ2) is 6.42. The number of hydrogen-bond donors (Lipinski definition) is 1. The third-order valence-corrected chi connectivity index (χ3v) is 3.95. The van der Waals surface area contributed by atoms with Crippen LogP contribution in [0.5, 0.6) is 0 Å². The number of carbonyl (C=O) groups is 1. The quantitative estimate of drug-likeness (QED) is 0.668. The zero-order valence-electron chi connectivity index (χ0n) is 9.71. The maximum Gasteiger partial charge on any atom is 0.176 e. The van der Waals surface area contributed by atoms with E-state index in [0.29, 0.717) is 11.8 Å². The Bertz CT molecular complexity index is 379. The van der Waals surface area contributed by atoms with Crippen LogP contribution >= 0.6 is 27.7 Å². The molecule has 0 aromatic heterocycles. The molecule has 0 saturated carbocycles. The molecule has 0 unspecified atom stereocenters. The molecule has 0 aliphatic heterocycles. The van der Waals surface area contributed by atoms with E-state index in [4.69, 9.17) is 0 Å². The van der Waals surface area contributed by atoms with Gasteiger partial charge in [-0.1, -0.05) is 19.9 Å². The standard InChI is InChI=1S/C12H16BrNOS/c1-8(2)16-12-5-4-9(6-10(12)13)11(15)7-14-3/h4-6,8,14H,7H2,1-3H3. The molecule has 0 aliphatic carbocycles. The molecule has 1 aromatic rings. The van der Waals surface area contributed by atoms with Crippen molar-refractivity contribution in [2.24, 2.45) is 0 Å². The van der Waals surface area contributed by atoms with E-state index >= 15 is 0 Å². The highest BCUT2D eigenvalue weighted by atomic mass is 79.9. The van der Waals surface area contributed by atoms with Crippen molar-refractivity contribution in [2.45, 2.75) is 24.0 Å². The van der Waals surface area contributed by atoms with Crippen LogP contribution in [0.3, 0.4) is 0 Å². The summed E-state index contributed by atoms with van der Waals surface area (Å²) in [5, 5.41) is 3.40. The van der Waals surface area contributed by atoms with Gasteiger partial charge in [0.25, 0.3) is 0 Å². The van der Waals surface area contributed by atoms with E-state index in [2.05, 4.69) is 35.1 Å². The molecule has 0 fully saturated rings. The summed E-state index contributed by atoms with van der Waals surface area (Å²) in [5.41, 5.74) is 0.745. The van der Waals surface area contributed by atoms with Gasteiger partial charge in [0.15, 0.2) is 5.78 Å². The molecular formula is C12H16BrNOS. The Labute approximate surface area is 109 Å². The van der Waals surface area contributed by atoms with Gasteiger partial charge < -0.3 is 5.32 Å². The van der Waals surface area contributed by atoms with Gasteiger partial charge in [0, 0.05) is 20.2 Å². The van der Waals surface area contributed by atoms with Crippen LogP contribution in [0, 0.1) is 0 Å². The highest BCUT2D eigenvalue weighted by molar-refractivity contribution is 9.10. The summed E-state index contributed by atoms with van der Waals surface area (Å²) < 4.78 is 0.994. The first kappa shape index (κ1) is 13.7. The Morgan fingerprint density at radius 1 is 1.50 bits per heavy atom. The minimum atomic E-state index is 0.115. The summed E-state index contributed by atoms with van der Waals surface area (Å²) in [5.74, 6) is 0.115. The average molecular weight is 302 g/mol. The van der Waals surface area contributed by atoms with Gasteiger partial charge in [-0.3, -0.25) is 4.79 Å². The minimum Gasteiger partial charge on any atom is -0.313 e. The molecule has 88 valence electrons. The van der Waals surface area contributed by atoms with E-state index < -0.39 is 0 Å². The van der Waals surface area contributed by atoms with Gasteiger partial charge in [0.2, 0.25) is 0 Å². The summed E-state index contributed by atoms with van der Waals surface area (Å²) in [7, 11) is 1.77. The van der Waals surface area contributed by atoms with Crippen molar-refractivity contribution in [2.75, 3.05) is 13.6 Å². The first-order chi connectivity index (χ1) is 7.54. The molecule has 0 saturated heterocycles. The summed E-state index contributed by atoms with van der Waals surface area (Å²) in [6, 6.07) is 5.77. The van der Waals surface area contributed by atoms with Gasteiger partial charge in [-0.15, -0.1) is 11.8 Å². The van der Waals surface area contributed by atoms with Crippen LogP contribution in [0.4, 0.5) is 0 Å². The zero-order valence-corrected chi connectivity index (χ0v) is 12.1. The maximum absolute atomic E-state index is 11.6. The smallest absolute Gasteiger partial charge is 0.176 e. The predicted molar refractivity (Wildman–Crippen MR) is 73.4 cm³/mol. The van der Waals surface area contributed by atoms with Gasteiger partial charge >= 0.3 is 0 Å². The van der Waals surface area contributed by atoms with Crippen molar-refractivity contribution in [3.63, 3.8) is 0 Å². The number of halogens is 1. The number of hydrogen-bond acceptors (Lipinski definition) is 3. The zero-order chi connectivity index (χ0) is 12.1. The van der Waals surface area contributed by atoms with Crippen molar-refractivity contribution < 1.29 is 4.79 Å². The number of ketones is 1. The molecule has 4 heteroatoms. The van der Waals surface area contributed by atoms with E-state index in [1.54, 1.807) is 18.8 Å². The monoisotopic (exact) mass is 301 g/mol. The number of nitrogens with one attached hydrogen (secondary N) is 1. The topological polar surface area (TPSA) is 29.1 Å². The van der Waals surface area contributed by atoms with Crippen molar-refractivity contribution in [1.29, 1.82) is 0 Å². The number of benzene rings is 1. The largest absolute Gasteiger partial charge is 0.313 e. The summed E-state index contributed by atoms with van der Waals surface area (Å²) in [6.07, 6.45) is 0. The molecule has 2 nitrogen and oxygen atoms in total. The Hall–Kier alpha value is -0.320. The highest BCUT2D eigenvalue weighted by Crippen LogP contribution is 2.31. The van der Waals surface area contributed by atoms with Crippen LogP contribution in [0.2, 0.25) is 0 Å². The number of Topliss-reactive ketones (excluding diaryl/α,β-unsaturated/α-hetero) is 1. The first-order valence-electron chi connectivity index (χ1n) is 5.18. The second-order valence-corrected chi connectivity index (χ2v) is 6.24. The van der Waals surface area contributed by atoms with Gasteiger partial charge in [0.1, 0.15) is 0 Å². The normalized spacial score (nSPS) is 10.8. The van der Waals surface area contributed by atoms with Crippen LogP contribution < -0.4 is 5.32 Å². The van der Waals surface area contributed by atoms with E-state index in [1.807, 2.05) is 18.2 Å². The van der Waals surface area contributed by atoms with Crippen LogP contribution in [-0.2, 0) is 0 Å². The third-order valence-electron chi connectivity index (χ3n) is 1.95. The Balaban J connectivity index is 2.86. The lowest BCUT2D eigenvalue weighted by molar-refractivity contribution is 0.0993. The van der Waals surface area contributed by atoms with Gasteiger partial charge in [-0.2, -0.15) is 0 Å². The lowest BCUT2D eigenvalue weighted by Crippen LogP contribution is -2.18. The summed E-state index contributed by atoms with van der Waals surface area (Å²) in [4.78, 5) is 12.8. The molecule has 0 heterocycles. The summed E-state index contributed by atoms with van der Waals surface area (Å²) in [6.45, 7) is 4.68. The second-order valence-electron chi connectivity index (χ2n) is 3.77. The Morgan fingerprint density at radius 3 is 2.69 bits per heavy atom.